The van der Waals surface area contributed by atoms with E-state index in [-0.39, 0.29) is 0 Å². The summed E-state index contributed by atoms with van der Waals surface area (Å²) in [5.41, 5.74) is 0. The third kappa shape index (κ3) is 6.43. The average Bonchev–Trinajstić information content (AvgIpc) is 2.02. The summed E-state index contributed by atoms with van der Waals surface area (Å²) in [5, 5.41) is 2.47. The fourth-order valence-electron chi connectivity index (χ4n) is 1.11. The summed E-state index contributed by atoms with van der Waals surface area (Å²) >= 11 is 0. The van der Waals surface area contributed by atoms with Crippen LogP contribution in [0.3, 0.4) is 0 Å². The van der Waals surface area contributed by atoms with Crippen LogP contribution in [0.2, 0.25) is 0 Å². The molecule has 1 N–H and O–H groups in total. The Morgan fingerprint density at radius 3 is 2.13 bits per heavy atom. The van der Waals surface area contributed by atoms with Crippen molar-refractivity contribution in [1.82, 2.24) is 5.32 Å². The first-order chi connectivity index (χ1) is 6.80. The van der Waals surface area contributed by atoms with Crippen molar-refractivity contribution < 1.29 is 22.7 Å². The Morgan fingerprint density at radius 2 is 1.80 bits per heavy atom. The fourth-order valence-corrected chi connectivity index (χ4v) is 1.67. The van der Waals surface area contributed by atoms with Crippen LogP contribution in [0.4, 0.5) is 0 Å². The highest BCUT2D eigenvalue weighted by molar-refractivity contribution is 7.91. The third-order valence-electron chi connectivity index (χ3n) is 1.65. The number of sulfone groups is 1. The molecule has 0 aliphatic heterocycles. The molecular weight excluding hydrogens is 222 g/mol. The minimum atomic E-state index is -3.30. The molecule has 0 aromatic rings. The second-order valence-corrected chi connectivity index (χ2v) is 5.41. The standard InChI is InChI=1S/C8H17NO5S/c1-6(8(13-2)14-3)9-7(10)5-15(4,11)12/h6,8H,5H2,1-4H3,(H,9,10). The number of rotatable bonds is 6. The molecule has 0 fully saturated rings. The lowest BCUT2D eigenvalue weighted by Crippen LogP contribution is -2.44. The van der Waals surface area contributed by atoms with Gasteiger partial charge in [0.05, 0.1) is 6.04 Å². The van der Waals surface area contributed by atoms with Crippen molar-refractivity contribution >= 4 is 15.7 Å². The van der Waals surface area contributed by atoms with Crippen LogP contribution in [0.1, 0.15) is 6.92 Å². The number of hydrogen-bond acceptors (Lipinski definition) is 5. The van der Waals surface area contributed by atoms with Crippen molar-refractivity contribution in [2.75, 3.05) is 26.2 Å². The molecule has 0 aromatic heterocycles. The third-order valence-corrected chi connectivity index (χ3v) is 2.44. The quantitative estimate of drug-likeness (QED) is 0.611. The van der Waals surface area contributed by atoms with Crippen LogP contribution in [0.25, 0.3) is 0 Å². The molecule has 0 aliphatic rings. The SMILES string of the molecule is COC(OC)C(C)NC(=O)CS(C)(=O)=O. The zero-order valence-corrected chi connectivity index (χ0v) is 10.1. The van der Waals surface area contributed by atoms with Crippen LogP contribution in [0.5, 0.6) is 0 Å². The Hall–Kier alpha value is -0.660. The van der Waals surface area contributed by atoms with E-state index < -0.39 is 33.8 Å². The zero-order valence-electron chi connectivity index (χ0n) is 9.31. The lowest BCUT2D eigenvalue weighted by atomic mass is 10.3. The summed E-state index contributed by atoms with van der Waals surface area (Å²) in [5.74, 6) is -1.10. The molecule has 0 spiro atoms. The van der Waals surface area contributed by atoms with Gasteiger partial charge >= 0.3 is 0 Å². The van der Waals surface area contributed by atoms with Gasteiger partial charge in [-0.15, -0.1) is 0 Å². The Labute approximate surface area is 89.9 Å². The molecule has 0 aliphatic carbocycles. The number of carbonyl (C=O) groups excluding carboxylic acids is 1. The predicted octanol–water partition coefficient (Wildman–Crippen LogP) is -0.845. The van der Waals surface area contributed by atoms with Gasteiger partial charge in [0.2, 0.25) is 5.91 Å². The minimum Gasteiger partial charge on any atom is -0.354 e. The maximum Gasteiger partial charge on any atom is 0.235 e. The molecule has 6 nitrogen and oxygen atoms in total. The van der Waals surface area contributed by atoms with Crippen molar-refractivity contribution in [3.8, 4) is 0 Å². The van der Waals surface area contributed by atoms with E-state index in [0.717, 1.165) is 6.26 Å². The monoisotopic (exact) mass is 239 g/mol. The first-order valence-electron chi connectivity index (χ1n) is 4.33. The molecule has 0 saturated heterocycles. The molecule has 90 valence electrons. The first kappa shape index (κ1) is 14.3. The number of carbonyl (C=O) groups is 1. The molecule has 0 heterocycles. The molecule has 1 unspecified atom stereocenters. The van der Waals surface area contributed by atoms with Crippen molar-refractivity contribution in [2.24, 2.45) is 0 Å². The summed E-state index contributed by atoms with van der Waals surface area (Å²) in [7, 11) is -0.426. The second kappa shape index (κ2) is 6.04. The van der Waals surface area contributed by atoms with Crippen LogP contribution >= 0.6 is 0 Å². The lowest BCUT2D eigenvalue weighted by Gasteiger charge is -2.21. The molecule has 0 rings (SSSR count). The largest absolute Gasteiger partial charge is 0.354 e. The van der Waals surface area contributed by atoms with E-state index in [0.29, 0.717) is 0 Å². The highest BCUT2D eigenvalue weighted by Gasteiger charge is 2.19. The molecule has 1 amide bonds. The highest BCUT2D eigenvalue weighted by atomic mass is 32.2. The average molecular weight is 239 g/mol. The summed E-state index contributed by atoms with van der Waals surface area (Å²) in [6.07, 6.45) is 0.412. The minimum absolute atomic E-state index is 0.408. The molecule has 0 saturated carbocycles. The maximum absolute atomic E-state index is 11.2. The molecule has 0 radical (unpaired) electrons. The molecule has 15 heavy (non-hydrogen) atoms. The van der Waals surface area contributed by atoms with E-state index in [2.05, 4.69) is 5.32 Å². The van der Waals surface area contributed by atoms with E-state index in [1.54, 1.807) is 6.92 Å². The van der Waals surface area contributed by atoms with Gasteiger partial charge in [0, 0.05) is 20.5 Å². The van der Waals surface area contributed by atoms with Crippen LogP contribution in [-0.2, 0) is 24.1 Å². The predicted molar refractivity (Wildman–Crippen MR) is 55.1 cm³/mol. The van der Waals surface area contributed by atoms with Gasteiger partial charge in [-0.3, -0.25) is 4.79 Å². The summed E-state index contributed by atoms with van der Waals surface area (Å²) in [6.45, 7) is 1.66. The van der Waals surface area contributed by atoms with Crippen molar-refractivity contribution in [3.63, 3.8) is 0 Å². The Balaban J connectivity index is 4.18. The smallest absolute Gasteiger partial charge is 0.235 e. The highest BCUT2D eigenvalue weighted by Crippen LogP contribution is 1.98. The van der Waals surface area contributed by atoms with Gasteiger partial charge in [0.15, 0.2) is 16.1 Å². The molecule has 0 aromatic carbocycles. The first-order valence-corrected chi connectivity index (χ1v) is 6.39. The summed E-state index contributed by atoms with van der Waals surface area (Å²) < 4.78 is 31.4. The summed E-state index contributed by atoms with van der Waals surface area (Å²) in [4.78, 5) is 11.2. The number of nitrogens with one attached hydrogen (secondary N) is 1. The maximum atomic E-state index is 11.2. The van der Waals surface area contributed by atoms with Crippen molar-refractivity contribution in [2.45, 2.75) is 19.3 Å². The van der Waals surface area contributed by atoms with Gasteiger partial charge in [0.25, 0.3) is 0 Å². The molecule has 7 heteroatoms. The van der Waals surface area contributed by atoms with Crippen LogP contribution in [-0.4, -0.2) is 52.9 Å². The van der Waals surface area contributed by atoms with Crippen LogP contribution in [0, 0.1) is 0 Å². The number of ether oxygens (including phenoxy) is 2. The molecule has 0 bridgehead atoms. The number of hydrogen-bond donors (Lipinski definition) is 1. The van der Waals surface area contributed by atoms with Crippen molar-refractivity contribution in [1.29, 1.82) is 0 Å². The zero-order chi connectivity index (χ0) is 12.1. The van der Waals surface area contributed by atoms with Gasteiger partial charge in [-0.2, -0.15) is 0 Å². The number of methoxy groups -OCH3 is 2. The Kier molecular flexibility index (Phi) is 5.77. The fraction of sp³-hybridized carbons (Fsp3) is 0.875. The second-order valence-electron chi connectivity index (χ2n) is 3.27. The summed E-state index contributed by atoms with van der Waals surface area (Å²) in [6, 6.07) is -0.408. The van der Waals surface area contributed by atoms with Gasteiger partial charge in [-0.25, -0.2) is 8.42 Å². The van der Waals surface area contributed by atoms with E-state index in [4.69, 9.17) is 9.47 Å². The Morgan fingerprint density at radius 1 is 1.33 bits per heavy atom. The van der Waals surface area contributed by atoms with E-state index in [1.807, 2.05) is 0 Å². The Bertz CT molecular complexity index is 296. The van der Waals surface area contributed by atoms with Crippen LogP contribution < -0.4 is 5.32 Å². The van der Waals surface area contributed by atoms with Gasteiger partial charge in [0.1, 0.15) is 5.75 Å². The van der Waals surface area contributed by atoms with Gasteiger partial charge in [-0.1, -0.05) is 0 Å². The van der Waals surface area contributed by atoms with E-state index in [1.165, 1.54) is 14.2 Å². The van der Waals surface area contributed by atoms with Gasteiger partial charge in [-0.05, 0) is 6.92 Å². The van der Waals surface area contributed by atoms with Crippen LogP contribution in [0.15, 0.2) is 0 Å². The normalized spacial score (nSPS) is 13.9. The molecule has 1 atom stereocenters. The molecular formula is C8H17NO5S. The topological polar surface area (TPSA) is 81.7 Å². The van der Waals surface area contributed by atoms with Gasteiger partial charge < -0.3 is 14.8 Å². The lowest BCUT2D eigenvalue weighted by molar-refractivity contribution is -0.134. The van der Waals surface area contributed by atoms with E-state index >= 15 is 0 Å². The number of amides is 1. The van der Waals surface area contributed by atoms with Crippen molar-refractivity contribution in [3.05, 3.63) is 0 Å². The van der Waals surface area contributed by atoms with E-state index in [9.17, 15) is 13.2 Å².